The fourth-order valence-electron chi connectivity index (χ4n) is 2.94. The molecule has 1 aromatic heterocycles. The summed E-state index contributed by atoms with van der Waals surface area (Å²) in [7, 11) is 0. The van der Waals surface area contributed by atoms with Crippen molar-refractivity contribution < 1.29 is 9.53 Å². The van der Waals surface area contributed by atoms with Crippen LogP contribution in [-0.4, -0.2) is 35.6 Å². The van der Waals surface area contributed by atoms with Gasteiger partial charge in [0.1, 0.15) is 0 Å². The molecule has 2 aromatic rings. The molecule has 6 heteroatoms. The smallest absolute Gasteiger partial charge is 0.309 e. The van der Waals surface area contributed by atoms with Gasteiger partial charge in [0.15, 0.2) is 0 Å². The van der Waals surface area contributed by atoms with Gasteiger partial charge in [0.2, 0.25) is 5.95 Å². The maximum Gasteiger partial charge on any atom is 0.309 e. The molecule has 1 N–H and O–H groups in total. The first kappa shape index (κ1) is 16.2. The number of benzene rings is 1. The fraction of sp³-hybridized carbons (Fsp3) is 0.389. The summed E-state index contributed by atoms with van der Waals surface area (Å²) in [6.45, 7) is 3.57. The second kappa shape index (κ2) is 7.29. The second-order valence-electron chi connectivity index (χ2n) is 5.83. The Hall–Kier alpha value is -2.63. The van der Waals surface area contributed by atoms with Crippen LogP contribution in [0.25, 0.3) is 11.3 Å². The molecule has 126 valence electrons. The minimum atomic E-state index is -0.175. The molecule has 0 bridgehead atoms. The molecule has 1 fully saturated rings. The van der Waals surface area contributed by atoms with E-state index >= 15 is 0 Å². The fourth-order valence-corrected chi connectivity index (χ4v) is 2.94. The average molecular weight is 327 g/mol. The quantitative estimate of drug-likeness (QED) is 0.872. The van der Waals surface area contributed by atoms with Crippen LogP contribution in [0.15, 0.2) is 41.2 Å². The van der Waals surface area contributed by atoms with Crippen LogP contribution in [0.4, 0.5) is 5.95 Å². The second-order valence-corrected chi connectivity index (χ2v) is 5.83. The molecule has 0 radical (unpaired) electrons. The van der Waals surface area contributed by atoms with E-state index in [9.17, 15) is 9.59 Å². The van der Waals surface area contributed by atoms with Gasteiger partial charge in [0.25, 0.3) is 5.56 Å². The molecular weight excluding hydrogens is 306 g/mol. The van der Waals surface area contributed by atoms with E-state index in [4.69, 9.17) is 4.74 Å². The van der Waals surface area contributed by atoms with Crippen molar-refractivity contribution >= 4 is 11.9 Å². The number of esters is 1. The Kier molecular flexibility index (Phi) is 4.93. The Bertz CT molecular complexity index is 750. The van der Waals surface area contributed by atoms with Gasteiger partial charge in [-0.1, -0.05) is 30.3 Å². The molecule has 1 aliphatic rings. The molecule has 3 rings (SSSR count). The number of ether oxygens (including phenoxy) is 1. The van der Waals surface area contributed by atoms with Crippen LogP contribution in [-0.2, 0) is 9.53 Å². The molecule has 0 spiro atoms. The summed E-state index contributed by atoms with van der Waals surface area (Å²) in [5.41, 5.74) is 1.39. The van der Waals surface area contributed by atoms with Crippen LogP contribution in [0.3, 0.4) is 0 Å². The zero-order valence-electron chi connectivity index (χ0n) is 13.7. The number of nitrogens with zero attached hydrogens (tertiary/aromatic N) is 2. The number of rotatable bonds is 4. The molecule has 0 unspecified atom stereocenters. The number of carbonyl (C=O) groups excluding carboxylic acids is 1. The third-order valence-corrected chi connectivity index (χ3v) is 4.21. The summed E-state index contributed by atoms with van der Waals surface area (Å²) < 4.78 is 5.09. The summed E-state index contributed by atoms with van der Waals surface area (Å²) in [5.74, 6) is 0.366. The van der Waals surface area contributed by atoms with E-state index < -0.39 is 0 Å². The number of aromatic nitrogens is 2. The third-order valence-electron chi connectivity index (χ3n) is 4.21. The summed E-state index contributed by atoms with van der Waals surface area (Å²) in [6, 6.07) is 11.1. The van der Waals surface area contributed by atoms with E-state index in [2.05, 4.69) is 9.97 Å². The van der Waals surface area contributed by atoms with Gasteiger partial charge < -0.3 is 9.64 Å². The van der Waals surface area contributed by atoms with E-state index in [1.54, 1.807) is 0 Å². The highest BCUT2D eigenvalue weighted by Gasteiger charge is 2.27. The van der Waals surface area contributed by atoms with E-state index in [0.29, 0.717) is 44.2 Å². The molecule has 1 aromatic carbocycles. The summed E-state index contributed by atoms with van der Waals surface area (Å²) in [5, 5.41) is 0. The molecule has 24 heavy (non-hydrogen) atoms. The van der Waals surface area contributed by atoms with Crippen molar-refractivity contribution in [3.8, 4) is 11.3 Å². The van der Waals surface area contributed by atoms with Crippen molar-refractivity contribution in [1.29, 1.82) is 0 Å². The van der Waals surface area contributed by atoms with Crippen molar-refractivity contribution in [1.82, 2.24) is 9.97 Å². The molecule has 0 amide bonds. The van der Waals surface area contributed by atoms with E-state index in [0.717, 1.165) is 5.56 Å². The zero-order chi connectivity index (χ0) is 16.9. The molecule has 0 saturated carbocycles. The first-order valence-electron chi connectivity index (χ1n) is 8.25. The number of piperidine rings is 1. The molecule has 0 atom stereocenters. The summed E-state index contributed by atoms with van der Waals surface area (Å²) in [6.07, 6.45) is 1.41. The highest BCUT2D eigenvalue weighted by molar-refractivity contribution is 5.72. The van der Waals surface area contributed by atoms with Gasteiger partial charge in [-0.05, 0) is 19.8 Å². The topological polar surface area (TPSA) is 75.3 Å². The van der Waals surface area contributed by atoms with Crippen molar-refractivity contribution in [2.24, 2.45) is 5.92 Å². The predicted octanol–water partition coefficient (Wildman–Crippen LogP) is 2.22. The van der Waals surface area contributed by atoms with Gasteiger partial charge in [0, 0.05) is 24.7 Å². The van der Waals surface area contributed by atoms with Crippen LogP contribution in [0, 0.1) is 5.92 Å². The Labute approximate surface area is 140 Å². The minimum absolute atomic E-state index is 0.0646. The highest BCUT2D eigenvalue weighted by Crippen LogP contribution is 2.23. The number of hydrogen-bond donors (Lipinski definition) is 1. The van der Waals surface area contributed by atoms with Gasteiger partial charge in [0.05, 0.1) is 18.2 Å². The largest absolute Gasteiger partial charge is 0.466 e. The zero-order valence-corrected chi connectivity index (χ0v) is 13.7. The first-order chi connectivity index (χ1) is 11.7. The standard InChI is InChI=1S/C18H21N3O3/c1-2-24-17(23)14-8-10-21(11-9-14)18-19-15(12-16(22)20-18)13-6-4-3-5-7-13/h3-7,12,14H,2,8-11H2,1H3,(H,19,20,22). The van der Waals surface area contributed by atoms with Crippen molar-refractivity contribution in [2.45, 2.75) is 19.8 Å². The molecule has 6 nitrogen and oxygen atoms in total. The van der Waals surface area contributed by atoms with Gasteiger partial charge in [-0.3, -0.25) is 14.6 Å². The van der Waals surface area contributed by atoms with E-state index in [1.807, 2.05) is 42.2 Å². The number of aromatic amines is 1. The Morgan fingerprint density at radius 2 is 2.00 bits per heavy atom. The maximum absolute atomic E-state index is 12.0. The van der Waals surface area contributed by atoms with E-state index in [-0.39, 0.29) is 17.4 Å². The van der Waals surface area contributed by atoms with Gasteiger partial charge >= 0.3 is 5.97 Å². The number of hydrogen-bond acceptors (Lipinski definition) is 5. The van der Waals surface area contributed by atoms with Crippen LogP contribution in [0.5, 0.6) is 0 Å². The molecule has 2 heterocycles. The molecule has 1 saturated heterocycles. The van der Waals surface area contributed by atoms with Crippen LogP contribution in [0.2, 0.25) is 0 Å². The summed E-state index contributed by atoms with van der Waals surface area (Å²) in [4.78, 5) is 33.2. The third kappa shape index (κ3) is 3.64. The summed E-state index contributed by atoms with van der Waals surface area (Å²) >= 11 is 0. The minimum Gasteiger partial charge on any atom is -0.466 e. The molecule has 0 aliphatic carbocycles. The number of H-pyrrole nitrogens is 1. The normalized spacial score (nSPS) is 15.3. The predicted molar refractivity (Wildman–Crippen MR) is 91.9 cm³/mol. The lowest BCUT2D eigenvalue weighted by atomic mass is 9.97. The SMILES string of the molecule is CCOC(=O)C1CCN(c2nc(-c3ccccc3)cc(=O)[nH]2)CC1. The lowest BCUT2D eigenvalue weighted by Crippen LogP contribution is -2.38. The lowest BCUT2D eigenvalue weighted by Gasteiger charge is -2.31. The van der Waals surface area contributed by atoms with Crippen LogP contribution < -0.4 is 10.5 Å². The number of nitrogens with one attached hydrogen (secondary N) is 1. The molecule has 1 aliphatic heterocycles. The monoisotopic (exact) mass is 327 g/mol. The van der Waals surface area contributed by atoms with Crippen molar-refractivity contribution in [3.05, 3.63) is 46.8 Å². The van der Waals surface area contributed by atoms with Crippen LogP contribution >= 0.6 is 0 Å². The first-order valence-corrected chi connectivity index (χ1v) is 8.25. The number of anilines is 1. The highest BCUT2D eigenvalue weighted by atomic mass is 16.5. The Balaban J connectivity index is 1.76. The van der Waals surface area contributed by atoms with Gasteiger partial charge in [-0.25, -0.2) is 4.98 Å². The van der Waals surface area contributed by atoms with Gasteiger partial charge in [-0.15, -0.1) is 0 Å². The van der Waals surface area contributed by atoms with Crippen LogP contribution in [0.1, 0.15) is 19.8 Å². The van der Waals surface area contributed by atoms with Gasteiger partial charge in [-0.2, -0.15) is 0 Å². The lowest BCUT2D eigenvalue weighted by molar-refractivity contribution is -0.148. The van der Waals surface area contributed by atoms with Crippen molar-refractivity contribution in [2.75, 3.05) is 24.6 Å². The average Bonchev–Trinajstić information content (AvgIpc) is 2.62. The molecular formula is C18H21N3O3. The van der Waals surface area contributed by atoms with E-state index in [1.165, 1.54) is 6.07 Å². The Morgan fingerprint density at radius 1 is 1.29 bits per heavy atom. The maximum atomic E-state index is 12.0. The Morgan fingerprint density at radius 3 is 2.67 bits per heavy atom. The number of carbonyl (C=O) groups is 1. The van der Waals surface area contributed by atoms with Crippen molar-refractivity contribution in [3.63, 3.8) is 0 Å².